The summed E-state index contributed by atoms with van der Waals surface area (Å²) in [4.78, 5) is 28.7. The summed E-state index contributed by atoms with van der Waals surface area (Å²) >= 11 is 0. The van der Waals surface area contributed by atoms with Crippen molar-refractivity contribution in [3.05, 3.63) is 93.7 Å². The quantitative estimate of drug-likeness (QED) is 0.488. The van der Waals surface area contributed by atoms with Crippen molar-refractivity contribution < 1.29 is 23.1 Å². The van der Waals surface area contributed by atoms with Gasteiger partial charge in [-0.15, -0.1) is 0 Å². The molecule has 2 heterocycles. The predicted octanol–water partition coefficient (Wildman–Crippen LogP) is 3.98. The highest BCUT2D eigenvalue weighted by Gasteiger charge is 2.31. The summed E-state index contributed by atoms with van der Waals surface area (Å²) in [5.41, 5.74) is -1.69. The van der Waals surface area contributed by atoms with Gasteiger partial charge < -0.3 is 5.11 Å². The number of alkyl halides is 3. The van der Waals surface area contributed by atoms with Crippen LogP contribution in [0.4, 0.5) is 13.2 Å². The molecule has 0 aliphatic heterocycles. The van der Waals surface area contributed by atoms with E-state index in [1.165, 1.54) is 29.9 Å². The van der Waals surface area contributed by atoms with E-state index in [2.05, 4.69) is 10.1 Å². The van der Waals surface area contributed by atoms with Crippen LogP contribution in [-0.4, -0.2) is 30.4 Å². The molecule has 1 N–H and O–H groups in total. The van der Waals surface area contributed by atoms with Gasteiger partial charge in [0.25, 0.3) is 5.56 Å². The Hall–Kier alpha value is -4.72. The third-order valence-corrected chi connectivity index (χ3v) is 5.07. The van der Waals surface area contributed by atoms with E-state index in [4.69, 9.17) is 5.26 Å². The second kappa shape index (κ2) is 8.32. The number of carboxylic acids is 1. The zero-order valence-electron chi connectivity index (χ0n) is 17.4. The highest BCUT2D eigenvalue weighted by atomic mass is 19.4. The number of rotatable bonds is 4. The van der Waals surface area contributed by atoms with Crippen LogP contribution in [0.25, 0.3) is 22.8 Å². The summed E-state index contributed by atoms with van der Waals surface area (Å²) in [5.74, 6) is -1.63. The minimum absolute atomic E-state index is 0.0382. The fraction of sp³-hybridized carbons (Fsp3) is 0.0870. The number of halogens is 3. The Bertz CT molecular complexity index is 1510. The molecule has 2 aromatic carbocycles. The standard InChI is InChI=1S/C23H14F3N5O3/c1-13-19(18-9-10-28-31(18)16-7-5-14(12-27)6-8-16)29-20(22(33)34)21(32)30(13)17-4-2-3-15(11-17)23(24,25)26/h2-11H,1H3,(H,33,34). The van der Waals surface area contributed by atoms with E-state index in [1.54, 1.807) is 24.3 Å². The van der Waals surface area contributed by atoms with Gasteiger partial charge in [0.15, 0.2) is 0 Å². The smallest absolute Gasteiger partial charge is 0.416 e. The van der Waals surface area contributed by atoms with Crippen LogP contribution in [0.3, 0.4) is 0 Å². The summed E-state index contributed by atoms with van der Waals surface area (Å²) in [6.07, 6.45) is -3.23. The van der Waals surface area contributed by atoms with E-state index in [9.17, 15) is 27.9 Å². The molecular formula is C23H14F3N5O3. The number of hydrogen-bond acceptors (Lipinski definition) is 5. The Balaban J connectivity index is 1.98. The lowest BCUT2D eigenvalue weighted by Gasteiger charge is -2.17. The first-order valence-corrected chi connectivity index (χ1v) is 9.71. The molecule has 0 radical (unpaired) electrons. The van der Waals surface area contributed by atoms with Crippen molar-refractivity contribution in [2.45, 2.75) is 13.1 Å². The van der Waals surface area contributed by atoms with E-state index >= 15 is 0 Å². The summed E-state index contributed by atoms with van der Waals surface area (Å²) < 4.78 is 42.1. The first-order valence-electron chi connectivity index (χ1n) is 9.71. The molecule has 8 nitrogen and oxygen atoms in total. The van der Waals surface area contributed by atoms with Crippen LogP contribution < -0.4 is 5.56 Å². The van der Waals surface area contributed by atoms with Crippen molar-refractivity contribution in [2.75, 3.05) is 0 Å². The second-order valence-electron chi connectivity index (χ2n) is 7.18. The number of carbonyl (C=O) groups is 1. The van der Waals surface area contributed by atoms with Gasteiger partial charge in [0.2, 0.25) is 5.69 Å². The summed E-state index contributed by atoms with van der Waals surface area (Å²) in [6.45, 7) is 1.45. The van der Waals surface area contributed by atoms with Gasteiger partial charge in [0.05, 0.1) is 40.5 Å². The van der Waals surface area contributed by atoms with E-state index in [1.807, 2.05) is 6.07 Å². The molecule has 0 fully saturated rings. The SMILES string of the molecule is Cc1c(-c2ccnn2-c2ccc(C#N)cc2)nc(C(=O)O)c(=O)n1-c1cccc(C(F)(F)F)c1. The van der Waals surface area contributed by atoms with Crippen molar-refractivity contribution in [3.63, 3.8) is 0 Å². The lowest BCUT2D eigenvalue weighted by Crippen LogP contribution is -2.30. The molecular weight excluding hydrogens is 451 g/mol. The predicted molar refractivity (Wildman–Crippen MR) is 114 cm³/mol. The maximum atomic E-state index is 13.3. The number of aromatic nitrogens is 4. The molecule has 34 heavy (non-hydrogen) atoms. The molecule has 2 aromatic heterocycles. The molecule has 0 amide bonds. The van der Waals surface area contributed by atoms with E-state index in [0.29, 0.717) is 16.9 Å². The molecule has 0 atom stereocenters. The minimum Gasteiger partial charge on any atom is -0.476 e. The molecule has 0 unspecified atom stereocenters. The largest absolute Gasteiger partial charge is 0.476 e. The van der Waals surface area contributed by atoms with Crippen molar-refractivity contribution in [1.82, 2.24) is 19.3 Å². The van der Waals surface area contributed by atoms with Crippen LogP contribution in [0, 0.1) is 18.3 Å². The van der Waals surface area contributed by atoms with Gasteiger partial charge in [-0.3, -0.25) is 9.36 Å². The second-order valence-corrected chi connectivity index (χ2v) is 7.18. The molecule has 0 saturated carbocycles. The van der Waals surface area contributed by atoms with Gasteiger partial charge in [-0.05, 0) is 55.5 Å². The molecule has 11 heteroatoms. The minimum atomic E-state index is -4.66. The van der Waals surface area contributed by atoms with Crippen molar-refractivity contribution in [3.8, 4) is 28.8 Å². The maximum absolute atomic E-state index is 13.3. The summed E-state index contributed by atoms with van der Waals surface area (Å²) in [6, 6.07) is 13.9. The molecule has 0 bridgehead atoms. The van der Waals surface area contributed by atoms with E-state index < -0.39 is 29.0 Å². The Labute approximate surface area is 189 Å². The third-order valence-electron chi connectivity index (χ3n) is 5.07. The zero-order valence-corrected chi connectivity index (χ0v) is 17.4. The number of nitriles is 1. The van der Waals surface area contributed by atoms with Gasteiger partial charge in [-0.25, -0.2) is 14.5 Å². The average molecular weight is 465 g/mol. The van der Waals surface area contributed by atoms with Crippen LogP contribution in [-0.2, 0) is 6.18 Å². The van der Waals surface area contributed by atoms with Crippen molar-refractivity contribution >= 4 is 5.97 Å². The molecule has 0 spiro atoms. The molecule has 0 aliphatic rings. The van der Waals surface area contributed by atoms with Crippen LogP contribution in [0.5, 0.6) is 0 Å². The maximum Gasteiger partial charge on any atom is 0.416 e. The Kier molecular flexibility index (Phi) is 5.50. The summed E-state index contributed by atoms with van der Waals surface area (Å²) in [7, 11) is 0. The molecule has 0 aliphatic carbocycles. The first-order chi connectivity index (χ1) is 16.1. The lowest BCUT2D eigenvalue weighted by molar-refractivity contribution is -0.137. The highest BCUT2D eigenvalue weighted by Crippen LogP contribution is 2.31. The monoisotopic (exact) mass is 465 g/mol. The number of hydrogen-bond donors (Lipinski definition) is 1. The summed E-state index contributed by atoms with van der Waals surface area (Å²) in [5, 5.41) is 22.8. The molecule has 170 valence electrons. The fourth-order valence-corrected chi connectivity index (χ4v) is 3.48. The first kappa shape index (κ1) is 22.5. The number of benzene rings is 2. The van der Waals surface area contributed by atoms with Gasteiger partial charge in [0.1, 0.15) is 5.69 Å². The molecule has 0 saturated heterocycles. The Morgan fingerprint density at radius 2 is 1.79 bits per heavy atom. The van der Waals surface area contributed by atoms with Crippen LogP contribution >= 0.6 is 0 Å². The number of aromatic carboxylic acids is 1. The van der Waals surface area contributed by atoms with Crippen LogP contribution in [0.2, 0.25) is 0 Å². The topological polar surface area (TPSA) is 114 Å². The van der Waals surface area contributed by atoms with Gasteiger partial charge >= 0.3 is 12.1 Å². The third kappa shape index (κ3) is 3.93. The molecule has 4 rings (SSSR count). The van der Waals surface area contributed by atoms with Crippen molar-refractivity contribution in [2.24, 2.45) is 0 Å². The van der Waals surface area contributed by atoms with Crippen molar-refractivity contribution in [1.29, 1.82) is 5.26 Å². The zero-order chi connectivity index (χ0) is 24.6. The van der Waals surface area contributed by atoms with Gasteiger partial charge in [-0.1, -0.05) is 6.07 Å². The van der Waals surface area contributed by atoms with Crippen LogP contribution in [0.15, 0.2) is 65.6 Å². The van der Waals surface area contributed by atoms with Gasteiger partial charge in [-0.2, -0.15) is 23.5 Å². The normalized spacial score (nSPS) is 11.3. The van der Waals surface area contributed by atoms with Crippen LogP contribution in [0.1, 0.15) is 27.3 Å². The average Bonchev–Trinajstić information content (AvgIpc) is 3.28. The Morgan fingerprint density at radius 1 is 1.09 bits per heavy atom. The van der Waals surface area contributed by atoms with E-state index in [-0.39, 0.29) is 17.1 Å². The highest BCUT2D eigenvalue weighted by molar-refractivity contribution is 5.86. The lowest BCUT2D eigenvalue weighted by atomic mass is 10.1. The molecule has 4 aromatic rings. The van der Waals surface area contributed by atoms with E-state index in [0.717, 1.165) is 22.8 Å². The number of carboxylic acid groups (broad SMARTS) is 1. The fourth-order valence-electron chi connectivity index (χ4n) is 3.48. The van der Waals surface area contributed by atoms with Gasteiger partial charge in [0, 0.05) is 5.69 Å². The number of nitrogens with zero attached hydrogens (tertiary/aromatic N) is 5. The Morgan fingerprint density at radius 3 is 2.41 bits per heavy atom.